The van der Waals surface area contributed by atoms with E-state index < -0.39 is 5.60 Å². The third-order valence-corrected chi connectivity index (χ3v) is 5.00. The smallest absolute Gasteiger partial charge is 0.229 e. The zero-order valence-electron chi connectivity index (χ0n) is 14.2. The van der Waals surface area contributed by atoms with Crippen LogP contribution in [0, 0.1) is 11.3 Å². The lowest BCUT2D eigenvalue weighted by Gasteiger charge is -2.38. The Labute approximate surface area is 147 Å². The van der Waals surface area contributed by atoms with Crippen molar-refractivity contribution in [2.45, 2.75) is 50.2 Å². The first-order valence-electron chi connectivity index (χ1n) is 8.90. The van der Waals surface area contributed by atoms with E-state index in [1.165, 1.54) is 0 Å². The molecule has 2 fully saturated rings. The zero-order valence-corrected chi connectivity index (χ0v) is 14.2. The second-order valence-electron chi connectivity index (χ2n) is 7.35. The minimum atomic E-state index is -0.835. The maximum absolute atomic E-state index is 11.0. The number of nitrogens with zero attached hydrogens (tertiary/aromatic N) is 4. The van der Waals surface area contributed by atoms with Crippen LogP contribution < -0.4 is 0 Å². The molecule has 1 saturated carbocycles. The molecule has 1 saturated heterocycles. The number of β-amino-alcohol motifs (C(OH)–C–C–N with tert-alkyl or cyclic N) is 1. The van der Waals surface area contributed by atoms with Gasteiger partial charge < -0.3 is 9.63 Å². The van der Waals surface area contributed by atoms with Gasteiger partial charge in [-0.3, -0.25) is 4.90 Å². The predicted octanol–water partition coefficient (Wildman–Crippen LogP) is 2.39. The monoisotopic (exact) mass is 338 g/mol. The highest BCUT2D eigenvalue weighted by atomic mass is 16.5. The number of piperidine rings is 1. The first-order chi connectivity index (χ1) is 12.1. The average molecular weight is 338 g/mol. The summed E-state index contributed by atoms with van der Waals surface area (Å²) < 4.78 is 5.34. The van der Waals surface area contributed by atoms with Crippen molar-refractivity contribution in [2.75, 3.05) is 13.1 Å². The lowest BCUT2D eigenvalue weighted by molar-refractivity contribution is -0.0373. The van der Waals surface area contributed by atoms with E-state index in [1.807, 2.05) is 24.3 Å². The van der Waals surface area contributed by atoms with Crippen LogP contribution in [0.3, 0.4) is 0 Å². The Morgan fingerprint density at radius 1 is 1.40 bits per heavy atom. The van der Waals surface area contributed by atoms with Gasteiger partial charge in [0.25, 0.3) is 0 Å². The number of nitriles is 1. The van der Waals surface area contributed by atoms with E-state index in [-0.39, 0.29) is 0 Å². The van der Waals surface area contributed by atoms with E-state index in [0.717, 1.165) is 50.2 Å². The SMILES string of the molecule is N#Cc1cccc(CN2CCCC(O)(Cc3nc(C4CC4)no3)C2)c1. The maximum atomic E-state index is 11.0. The van der Waals surface area contributed by atoms with Gasteiger partial charge in [-0.25, -0.2) is 0 Å². The molecule has 1 unspecified atom stereocenters. The standard InChI is InChI=1S/C19H22N4O2/c20-11-14-3-1-4-15(9-14)12-23-8-2-7-19(24,13-23)10-17-21-18(22-25-17)16-5-6-16/h1,3-4,9,16,24H,2,5-8,10,12-13H2. The number of benzene rings is 1. The molecule has 130 valence electrons. The van der Waals surface area contributed by atoms with Gasteiger partial charge in [-0.2, -0.15) is 10.2 Å². The first kappa shape index (κ1) is 16.2. The largest absolute Gasteiger partial charge is 0.388 e. The fraction of sp³-hybridized carbons (Fsp3) is 0.526. The van der Waals surface area contributed by atoms with Crippen LogP contribution in [0.1, 0.15) is 54.4 Å². The molecule has 1 N–H and O–H groups in total. The number of rotatable bonds is 5. The molecule has 6 heteroatoms. The van der Waals surface area contributed by atoms with Gasteiger partial charge in [0, 0.05) is 19.0 Å². The molecule has 1 atom stereocenters. The minimum Gasteiger partial charge on any atom is -0.388 e. The van der Waals surface area contributed by atoms with Gasteiger partial charge in [-0.1, -0.05) is 17.3 Å². The van der Waals surface area contributed by atoms with Gasteiger partial charge in [0.05, 0.1) is 23.7 Å². The van der Waals surface area contributed by atoms with Gasteiger partial charge in [0.2, 0.25) is 5.89 Å². The van der Waals surface area contributed by atoms with Crippen molar-refractivity contribution in [3.05, 3.63) is 47.1 Å². The Balaban J connectivity index is 1.41. The Kier molecular flexibility index (Phi) is 4.28. The highest BCUT2D eigenvalue weighted by Gasteiger charge is 2.36. The topological polar surface area (TPSA) is 86.2 Å². The Morgan fingerprint density at radius 2 is 2.28 bits per heavy atom. The van der Waals surface area contributed by atoms with E-state index in [2.05, 4.69) is 21.1 Å². The molecule has 1 aromatic carbocycles. The molecule has 0 radical (unpaired) electrons. The highest BCUT2D eigenvalue weighted by Crippen LogP contribution is 2.38. The van der Waals surface area contributed by atoms with Crippen LogP contribution in [0.25, 0.3) is 0 Å². The quantitative estimate of drug-likeness (QED) is 0.901. The van der Waals surface area contributed by atoms with Crippen molar-refractivity contribution >= 4 is 0 Å². The Bertz CT molecular complexity index is 793. The van der Waals surface area contributed by atoms with Gasteiger partial charge in [0.15, 0.2) is 5.82 Å². The van der Waals surface area contributed by atoms with Crippen molar-refractivity contribution in [1.29, 1.82) is 5.26 Å². The normalized spacial score (nSPS) is 24.2. The molecule has 1 aliphatic heterocycles. The van der Waals surface area contributed by atoms with Crippen LogP contribution in [0.2, 0.25) is 0 Å². The highest BCUT2D eigenvalue weighted by molar-refractivity contribution is 5.32. The summed E-state index contributed by atoms with van der Waals surface area (Å²) in [6, 6.07) is 9.82. The zero-order chi connectivity index (χ0) is 17.3. The van der Waals surface area contributed by atoms with Crippen LogP contribution in [0.5, 0.6) is 0 Å². The molecule has 6 nitrogen and oxygen atoms in total. The van der Waals surface area contributed by atoms with Crippen molar-refractivity contribution in [1.82, 2.24) is 15.0 Å². The molecule has 1 aliphatic carbocycles. The average Bonchev–Trinajstić information content (AvgIpc) is 3.35. The van der Waals surface area contributed by atoms with Crippen molar-refractivity contribution in [3.63, 3.8) is 0 Å². The fourth-order valence-electron chi connectivity index (χ4n) is 3.61. The van der Waals surface area contributed by atoms with Crippen LogP contribution in [0.15, 0.2) is 28.8 Å². The van der Waals surface area contributed by atoms with E-state index in [4.69, 9.17) is 9.78 Å². The van der Waals surface area contributed by atoms with E-state index in [1.54, 1.807) is 0 Å². The maximum Gasteiger partial charge on any atom is 0.229 e. The summed E-state index contributed by atoms with van der Waals surface area (Å²) in [7, 11) is 0. The van der Waals surface area contributed by atoms with Crippen LogP contribution in [-0.4, -0.2) is 38.8 Å². The Hall–Kier alpha value is -2.23. The number of hydrogen-bond donors (Lipinski definition) is 1. The summed E-state index contributed by atoms with van der Waals surface area (Å²) in [6.07, 6.45) is 4.35. The van der Waals surface area contributed by atoms with E-state index in [9.17, 15) is 5.11 Å². The van der Waals surface area contributed by atoms with Crippen LogP contribution in [-0.2, 0) is 13.0 Å². The first-order valence-corrected chi connectivity index (χ1v) is 8.90. The van der Waals surface area contributed by atoms with E-state index >= 15 is 0 Å². The molecule has 0 spiro atoms. The summed E-state index contributed by atoms with van der Waals surface area (Å²) in [5.74, 6) is 1.79. The third kappa shape index (κ3) is 3.89. The number of hydrogen-bond acceptors (Lipinski definition) is 6. The summed E-state index contributed by atoms with van der Waals surface area (Å²) in [5, 5.41) is 24.1. The minimum absolute atomic E-state index is 0.404. The van der Waals surface area contributed by atoms with Crippen LogP contribution in [0.4, 0.5) is 0 Å². The third-order valence-electron chi connectivity index (χ3n) is 5.00. The van der Waals surface area contributed by atoms with Crippen molar-refractivity contribution in [2.24, 2.45) is 0 Å². The number of likely N-dealkylation sites (tertiary alicyclic amines) is 1. The predicted molar refractivity (Wildman–Crippen MR) is 90.6 cm³/mol. The molecule has 0 amide bonds. The molecule has 1 aromatic heterocycles. The molecule has 4 rings (SSSR count). The van der Waals surface area contributed by atoms with Gasteiger partial charge >= 0.3 is 0 Å². The lowest BCUT2D eigenvalue weighted by Crippen LogP contribution is -2.49. The summed E-state index contributed by atoms with van der Waals surface area (Å²) in [4.78, 5) is 6.69. The van der Waals surface area contributed by atoms with Gasteiger partial charge in [0.1, 0.15) is 0 Å². The second kappa shape index (κ2) is 6.58. The molecule has 0 bridgehead atoms. The van der Waals surface area contributed by atoms with Crippen molar-refractivity contribution in [3.8, 4) is 6.07 Å². The molecular formula is C19H22N4O2. The number of aromatic nitrogens is 2. The molecule has 2 heterocycles. The lowest BCUT2D eigenvalue weighted by atomic mass is 9.89. The molecule has 2 aromatic rings. The second-order valence-corrected chi connectivity index (χ2v) is 7.35. The van der Waals surface area contributed by atoms with Crippen molar-refractivity contribution < 1.29 is 9.63 Å². The summed E-state index contributed by atoms with van der Waals surface area (Å²) in [5.41, 5.74) is 0.929. The van der Waals surface area contributed by atoms with Crippen LogP contribution >= 0.6 is 0 Å². The molecule has 2 aliphatic rings. The van der Waals surface area contributed by atoms with Gasteiger partial charge in [-0.05, 0) is 49.9 Å². The summed E-state index contributed by atoms with van der Waals surface area (Å²) >= 11 is 0. The Morgan fingerprint density at radius 3 is 3.08 bits per heavy atom. The summed E-state index contributed by atoms with van der Waals surface area (Å²) in [6.45, 7) is 2.25. The number of aliphatic hydroxyl groups is 1. The van der Waals surface area contributed by atoms with E-state index in [0.29, 0.717) is 30.3 Å². The van der Waals surface area contributed by atoms with Gasteiger partial charge in [-0.15, -0.1) is 0 Å². The fourth-order valence-corrected chi connectivity index (χ4v) is 3.61. The molecule has 25 heavy (non-hydrogen) atoms. The molecular weight excluding hydrogens is 316 g/mol.